The molecule has 1 N–H and O–H groups in total. The van der Waals surface area contributed by atoms with Gasteiger partial charge in [-0.2, -0.15) is 0 Å². The predicted octanol–water partition coefficient (Wildman–Crippen LogP) is 3.24. The van der Waals surface area contributed by atoms with E-state index in [4.69, 9.17) is 9.47 Å². The molecule has 2 aromatic carbocycles. The number of hydrogen-bond acceptors (Lipinski definition) is 3. The van der Waals surface area contributed by atoms with Gasteiger partial charge in [-0.25, -0.2) is 0 Å². The summed E-state index contributed by atoms with van der Waals surface area (Å²) in [5, 5.41) is 3.48. The fourth-order valence-corrected chi connectivity index (χ4v) is 2.24. The molecule has 0 saturated heterocycles. The van der Waals surface area contributed by atoms with Crippen molar-refractivity contribution in [1.82, 2.24) is 0 Å². The highest BCUT2D eigenvalue weighted by Crippen LogP contribution is 2.35. The molecule has 0 aliphatic carbocycles. The Bertz CT molecular complexity index is 554. The Kier molecular flexibility index (Phi) is 2.81. The molecule has 3 rings (SSSR count). The van der Waals surface area contributed by atoms with E-state index in [0.717, 1.165) is 22.7 Å². The molecule has 0 spiro atoms. The Morgan fingerprint density at radius 2 is 1.89 bits per heavy atom. The van der Waals surface area contributed by atoms with Crippen molar-refractivity contribution >= 4 is 5.69 Å². The second-order valence-electron chi connectivity index (χ2n) is 4.25. The van der Waals surface area contributed by atoms with Crippen LogP contribution in [0.3, 0.4) is 0 Å². The monoisotopic (exact) mass is 241 g/mol. The largest absolute Gasteiger partial charge is 0.496 e. The molecule has 1 heterocycles. The van der Waals surface area contributed by atoms with E-state index in [2.05, 4.69) is 11.4 Å². The summed E-state index contributed by atoms with van der Waals surface area (Å²) >= 11 is 0. The van der Waals surface area contributed by atoms with Gasteiger partial charge in [-0.05, 0) is 18.2 Å². The molecule has 1 unspecified atom stereocenters. The van der Waals surface area contributed by atoms with Gasteiger partial charge in [0.2, 0.25) is 0 Å². The molecule has 1 aliphatic heterocycles. The number of para-hydroxylation sites is 3. The zero-order valence-electron chi connectivity index (χ0n) is 10.2. The molecule has 92 valence electrons. The van der Waals surface area contributed by atoms with Crippen LogP contribution in [0.5, 0.6) is 11.5 Å². The Morgan fingerprint density at radius 1 is 1.11 bits per heavy atom. The van der Waals surface area contributed by atoms with E-state index in [1.54, 1.807) is 7.11 Å². The zero-order chi connectivity index (χ0) is 12.4. The van der Waals surface area contributed by atoms with Gasteiger partial charge in [0.05, 0.1) is 18.8 Å². The molecule has 2 aromatic rings. The summed E-state index contributed by atoms with van der Waals surface area (Å²) in [6.07, 6.45) is 0. The fourth-order valence-electron chi connectivity index (χ4n) is 2.24. The van der Waals surface area contributed by atoms with Crippen LogP contribution in [-0.2, 0) is 0 Å². The second kappa shape index (κ2) is 4.61. The Hall–Kier alpha value is -2.16. The van der Waals surface area contributed by atoms with Crippen LogP contribution in [0.4, 0.5) is 5.69 Å². The zero-order valence-corrected chi connectivity index (χ0v) is 10.2. The van der Waals surface area contributed by atoms with Gasteiger partial charge in [0, 0.05) is 5.56 Å². The minimum absolute atomic E-state index is 0.121. The van der Waals surface area contributed by atoms with Crippen LogP contribution in [0.2, 0.25) is 0 Å². The number of hydrogen-bond donors (Lipinski definition) is 1. The van der Waals surface area contributed by atoms with Gasteiger partial charge in [0.15, 0.2) is 0 Å². The molecule has 3 nitrogen and oxygen atoms in total. The molecule has 0 radical (unpaired) electrons. The lowest BCUT2D eigenvalue weighted by atomic mass is 10.0. The van der Waals surface area contributed by atoms with Gasteiger partial charge in [0.1, 0.15) is 18.1 Å². The van der Waals surface area contributed by atoms with Gasteiger partial charge in [0.25, 0.3) is 0 Å². The van der Waals surface area contributed by atoms with Crippen molar-refractivity contribution in [2.75, 3.05) is 19.0 Å². The topological polar surface area (TPSA) is 30.5 Å². The Balaban J connectivity index is 1.92. The summed E-state index contributed by atoms with van der Waals surface area (Å²) in [7, 11) is 1.69. The van der Waals surface area contributed by atoms with E-state index in [0.29, 0.717) is 6.61 Å². The summed E-state index contributed by atoms with van der Waals surface area (Å²) in [6.45, 7) is 0.609. The van der Waals surface area contributed by atoms with Crippen molar-refractivity contribution in [2.24, 2.45) is 0 Å². The quantitative estimate of drug-likeness (QED) is 0.875. The lowest BCUT2D eigenvalue weighted by Crippen LogP contribution is -2.24. The van der Waals surface area contributed by atoms with Crippen LogP contribution in [0.1, 0.15) is 11.6 Å². The molecule has 3 heteroatoms. The Labute approximate surface area is 106 Å². The molecule has 1 atom stereocenters. The number of fused-ring (bicyclic) bond motifs is 1. The molecule has 0 fully saturated rings. The molecule has 0 bridgehead atoms. The van der Waals surface area contributed by atoms with Gasteiger partial charge in [-0.15, -0.1) is 0 Å². The average molecular weight is 241 g/mol. The maximum Gasteiger partial charge on any atom is 0.142 e. The summed E-state index contributed by atoms with van der Waals surface area (Å²) in [5.74, 6) is 1.79. The van der Waals surface area contributed by atoms with E-state index in [-0.39, 0.29) is 6.04 Å². The fraction of sp³-hybridized carbons (Fsp3) is 0.200. The normalized spacial score (nSPS) is 17.3. The van der Waals surface area contributed by atoms with Crippen LogP contribution in [-0.4, -0.2) is 13.7 Å². The number of anilines is 1. The van der Waals surface area contributed by atoms with E-state index in [9.17, 15) is 0 Å². The third-order valence-electron chi connectivity index (χ3n) is 3.14. The number of rotatable bonds is 2. The first-order valence-corrected chi connectivity index (χ1v) is 6.00. The second-order valence-corrected chi connectivity index (χ2v) is 4.25. The highest BCUT2D eigenvalue weighted by molar-refractivity contribution is 5.59. The van der Waals surface area contributed by atoms with Crippen LogP contribution in [0.15, 0.2) is 48.5 Å². The molecular formula is C15H15NO2. The van der Waals surface area contributed by atoms with Crippen LogP contribution in [0.25, 0.3) is 0 Å². The van der Waals surface area contributed by atoms with Crippen molar-refractivity contribution < 1.29 is 9.47 Å². The van der Waals surface area contributed by atoms with Crippen molar-refractivity contribution in [3.8, 4) is 11.5 Å². The first-order valence-electron chi connectivity index (χ1n) is 6.00. The number of nitrogens with one attached hydrogen (secondary N) is 1. The predicted molar refractivity (Wildman–Crippen MR) is 71.3 cm³/mol. The minimum atomic E-state index is 0.121. The van der Waals surface area contributed by atoms with Crippen LogP contribution < -0.4 is 14.8 Å². The number of ether oxygens (including phenoxy) is 2. The standard InChI is InChI=1S/C15H15NO2/c1-17-14-8-4-2-6-11(14)13-10-18-15-9-5-3-7-12(15)16-13/h2-9,13,16H,10H2,1H3. The van der Waals surface area contributed by atoms with Crippen LogP contribution in [0, 0.1) is 0 Å². The highest BCUT2D eigenvalue weighted by atomic mass is 16.5. The highest BCUT2D eigenvalue weighted by Gasteiger charge is 2.22. The molecule has 1 aliphatic rings. The summed E-state index contributed by atoms with van der Waals surface area (Å²) < 4.78 is 11.2. The van der Waals surface area contributed by atoms with E-state index < -0.39 is 0 Å². The average Bonchev–Trinajstić information content (AvgIpc) is 2.46. The smallest absolute Gasteiger partial charge is 0.142 e. The summed E-state index contributed by atoms with van der Waals surface area (Å²) in [6, 6.07) is 16.1. The maximum absolute atomic E-state index is 5.77. The number of methoxy groups -OCH3 is 1. The molecule has 0 saturated carbocycles. The number of benzene rings is 2. The van der Waals surface area contributed by atoms with Crippen molar-refractivity contribution in [3.05, 3.63) is 54.1 Å². The first kappa shape index (κ1) is 11.0. The minimum Gasteiger partial charge on any atom is -0.496 e. The molecular weight excluding hydrogens is 226 g/mol. The van der Waals surface area contributed by atoms with Gasteiger partial charge >= 0.3 is 0 Å². The van der Waals surface area contributed by atoms with Gasteiger partial charge in [-0.1, -0.05) is 30.3 Å². The Morgan fingerprint density at radius 3 is 2.78 bits per heavy atom. The molecule has 18 heavy (non-hydrogen) atoms. The first-order chi connectivity index (χ1) is 8.88. The van der Waals surface area contributed by atoms with Crippen molar-refractivity contribution in [3.63, 3.8) is 0 Å². The third-order valence-corrected chi connectivity index (χ3v) is 3.14. The van der Waals surface area contributed by atoms with Crippen molar-refractivity contribution in [1.29, 1.82) is 0 Å². The lowest BCUT2D eigenvalue weighted by molar-refractivity contribution is 0.282. The van der Waals surface area contributed by atoms with E-state index in [1.165, 1.54) is 0 Å². The van der Waals surface area contributed by atoms with Gasteiger partial charge in [-0.3, -0.25) is 0 Å². The third kappa shape index (κ3) is 1.88. The molecule has 0 amide bonds. The van der Waals surface area contributed by atoms with Crippen LogP contribution >= 0.6 is 0 Å². The van der Waals surface area contributed by atoms with E-state index in [1.807, 2.05) is 42.5 Å². The summed E-state index contributed by atoms with van der Waals surface area (Å²) in [5.41, 5.74) is 2.15. The summed E-state index contributed by atoms with van der Waals surface area (Å²) in [4.78, 5) is 0. The SMILES string of the molecule is COc1ccccc1C1COc2ccccc2N1. The van der Waals surface area contributed by atoms with Crippen molar-refractivity contribution in [2.45, 2.75) is 6.04 Å². The molecule has 0 aromatic heterocycles. The van der Waals surface area contributed by atoms with Gasteiger partial charge < -0.3 is 14.8 Å². The lowest BCUT2D eigenvalue weighted by Gasteiger charge is -2.28. The maximum atomic E-state index is 5.77. The van der Waals surface area contributed by atoms with E-state index >= 15 is 0 Å².